The Balaban J connectivity index is 1.87. The fourth-order valence-corrected chi connectivity index (χ4v) is 5.21. The van der Waals surface area contributed by atoms with E-state index in [0.717, 1.165) is 28.8 Å². The molecule has 1 aliphatic heterocycles. The van der Waals surface area contributed by atoms with Crippen LogP contribution in [-0.4, -0.2) is 12.7 Å². The average molecular weight is 414 g/mol. The first-order valence-corrected chi connectivity index (χ1v) is 10.6. The summed E-state index contributed by atoms with van der Waals surface area (Å²) in [5, 5.41) is 3.18. The molecule has 0 amide bonds. The van der Waals surface area contributed by atoms with Gasteiger partial charge in [-0.25, -0.2) is 17.2 Å². The van der Waals surface area contributed by atoms with Crippen molar-refractivity contribution in [2.45, 2.75) is 31.5 Å². The highest BCUT2D eigenvalue weighted by molar-refractivity contribution is 7.89. The number of nitrogens with one attached hydrogen (secondary N) is 1. The first kappa shape index (κ1) is 19.5. The first-order valence-electron chi connectivity index (χ1n) is 9.16. The third-order valence-electron chi connectivity index (χ3n) is 5.14. The third kappa shape index (κ3) is 3.52. The molecule has 3 aromatic rings. The predicted molar refractivity (Wildman–Crippen MR) is 108 cm³/mol. The molecule has 1 N–H and O–H groups in total. The number of nitrogens with zero attached hydrogens (tertiary/aromatic N) is 1. The van der Waals surface area contributed by atoms with Crippen LogP contribution in [0.5, 0.6) is 0 Å². The van der Waals surface area contributed by atoms with E-state index in [2.05, 4.69) is 5.32 Å². The van der Waals surface area contributed by atoms with Crippen molar-refractivity contribution in [1.29, 1.82) is 0 Å². The van der Waals surface area contributed by atoms with Gasteiger partial charge in [0, 0.05) is 6.54 Å². The Morgan fingerprint density at radius 1 is 0.966 bits per heavy atom. The lowest BCUT2D eigenvalue weighted by Gasteiger charge is -2.37. The van der Waals surface area contributed by atoms with Crippen molar-refractivity contribution in [2.24, 2.45) is 0 Å². The summed E-state index contributed by atoms with van der Waals surface area (Å²) in [4.78, 5) is 0.157. The van der Waals surface area contributed by atoms with E-state index in [-0.39, 0.29) is 11.4 Å². The minimum Gasteiger partial charge on any atom is -0.364 e. The molecule has 4 rings (SSSR count). The van der Waals surface area contributed by atoms with Crippen molar-refractivity contribution in [1.82, 2.24) is 4.31 Å². The highest BCUT2D eigenvalue weighted by atomic mass is 32.2. The molecule has 0 spiro atoms. The van der Waals surface area contributed by atoms with Gasteiger partial charge in [0.1, 0.15) is 11.1 Å². The fourth-order valence-electron chi connectivity index (χ4n) is 3.54. The number of hydrogen-bond acceptors (Lipinski definition) is 3. The largest absolute Gasteiger partial charge is 0.364 e. The maximum Gasteiger partial charge on any atom is 0.247 e. The zero-order chi connectivity index (χ0) is 20.8. The van der Waals surface area contributed by atoms with E-state index < -0.39 is 27.8 Å². The van der Waals surface area contributed by atoms with Crippen LogP contribution in [0.1, 0.15) is 28.4 Å². The van der Waals surface area contributed by atoms with Crippen molar-refractivity contribution < 1.29 is 17.2 Å². The lowest BCUT2D eigenvalue weighted by atomic mass is 10.0. The quantitative estimate of drug-likeness (QED) is 0.663. The van der Waals surface area contributed by atoms with Gasteiger partial charge in [-0.1, -0.05) is 42.0 Å². The van der Waals surface area contributed by atoms with E-state index in [1.54, 1.807) is 18.2 Å². The SMILES string of the molecule is Cc1ccc(C)c(CN2[C@@H](c3ccc(F)c(F)c3)Nc3ccccc3S2(=O)=O)c1. The molecule has 7 heteroatoms. The lowest BCUT2D eigenvalue weighted by Crippen LogP contribution is -2.42. The monoisotopic (exact) mass is 414 g/mol. The Morgan fingerprint density at radius 2 is 1.72 bits per heavy atom. The molecule has 0 unspecified atom stereocenters. The minimum absolute atomic E-state index is 0.0981. The van der Waals surface area contributed by atoms with E-state index in [9.17, 15) is 17.2 Å². The van der Waals surface area contributed by atoms with Gasteiger partial charge in [0.15, 0.2) is 11.6 Å². The second-order valence-corrected chi connectivity index (χ2v) is 9.06. The molecule has 0 saturated carbocycles. The van der Waals surface area contributed by atoms with Gasteiger partial charge in [0.2, 0.25) is 10.0 Å². The molecule has 29 heavy (non-hydrogen) atoms. The molecule has 0 saturated heterocycles. The molecule has 1 atom stereocenters. The Morgan fingerprint density at radius 3 is 2.48 bits per heavy atom. The Hall–Kier alpha value is -2.77. The third-order valence-corrected chi connectivity index (χ3v) is 7.01. The average Bonchev–Trinajstić information content (AvgIpc) is 2.69. The van der Waals surface area contributed by atoms with Crippen molar-refractivity contribution >= 4 is 15.7 Å². The fraction of sp³-hybridized carbons (Fsp3) is 0.182. The number of aryl methyl sites for hydroxylation is 2. The number of para-hydroxylation sites is 1. The summed E-state index contributed by atoms with van der Waals surface area (Å²) in [5.74, 6) is -2.00. The van der Waals surface area contributed by atoms with Gasteiger partial charge in [-0.15, -0.1) is 0 Å². The molecule has 1 aliphatic rings. The van der Waals surface area contributed by atoms with E-state index in [1.165, 1.54) is 16.4 Å². The highest BCUT2D eigenvalue weighted by Gasteiger charge is 2.39. The Kier molecular flexibility index (Phi) is 4.88. The summed E-state index contributed by atoms with van der Waals surface area (Å²) in [7, 11) is -3.88. The van der Waals surface area contributed by atoms with Crippen LogP contribution < -0.4 is 5.32 Å². The van der Waals surface area contributed by atoms with E-state index in [0.29, 0.717) is 11.3 Å². The Labute approximate surface area is 168 Å². The van der Waals surface area contributed by atoms with Gasteiger partial charge in [0.25, 0.3) is 0 Å². The molecular weight excluding hydrogens is 394 g/mol. The summed E-state index contributed by atoms with van der Waals surface area (Å²) in [6.45, 7) is 3.95. The minimum atomic E-state index is -3.88. The van der Waals surface area contributed by atoms with Crippen LogP contribution in [0.3, 0.4) is 0 Å². The van der Waals surface area contributed by atoms with Gasteiger partial charge in [-0.3, -0.25) is 0 Å². The first-order chi connectivity index (χ1) is 13.8. The normalized spacial score (nSPS) is 18.1. The molecule has 0 fully saturated rings. The second-order valence-electron chi connectivity index (χ2n) is 7.20. The second kappa shape index (κ2) is 7.24. The number of sulfonamides is 1. The molecule has 0 radical (unpaired) electrons. The van der Waals surface area contributed by atoms with Crippen LogP contribution in [0.2, 0.25) is 0 Å². The van der Waals surface area contributed by atoms with Crippen molar-refractivity contribution in [2.75, 3.05) is 5.32 Å². The molecule has 1 heterocycles. The summed E-state index contributed by atoms with van der Waals surface area (Å²) in [6.07, 6.45) is -0.870. The molecule has 0 aliphatic carbocycles. The molecular formula is C22H20F2N2O2S. The zero-order valence-corrected chi connectivity index (χ0v) is 16.8. The zero-order valence-electron chi connectivity index (χ0n) is 16.0. The Bertz CT molecular complexity index is 1200. The van der Waals surface area contributed by atoms with Crippen LogP contribution in [0, 0.1) is 25.5 Å². The standard InChI is InChI=1S/C22H20F2N2O2S/c1-14-7-8-15(2)17(11-14)13-26-22(16-9-10-18(23)19(24)12-16)25-20-5-3-4-6-21(20)29(26,27)28/h3-12,22,25H,13H2,1-2H3/t22-/m0/s1. The lowest BCUT2D eigenvalue weighted by molar-refractivity contribution is 0.334. The summed E-state index contributed by atoms with van der Waals surface area (Å²) in [6, 6.07) is 15.9. The van der Waals surface area contributed by atoms with E-state index >= 15 is 0 Å². The van der Waals surface area contributed by atoms with Crippen LogP contribution in [0.4, 0.5) is 14.5 Å². The maximum atomic E-state index is 13.9. The summed E-state index contributed by atoms with van der Waals surface area (Å²) in [5.41, 5.74) is 3.57. The van der Waals surface area contributed by atoms with Crippen molar-refractivity contribution in [3.63, 3.8) is 0 Å². The molecule has 3 aromatic carbocycles. The number of halogens is 2. The van der Waals surface area contributed by atoms with E-state index in [4.69, 9.17) is 0 Å². The molecule has 0 aromatic heterocycles. The van der Waals surface area contributed by atoms with E-state index in [1.807, 2.05) is 32.0 Å². The van der Waals surface area contributed by atoms with Crippen LogP contribution >= 0.6 is 0 Å². The number of hydrogen-bond donors (Lipinski definition) is 1. The topological polar surface area (TPSA) is 49.4 Å². The van der Waals surface area contributed by atoms with Crippen molar-refractivity contribution in [3.8, 4) is 0 Å². The number of anilines is 1. The van der Waals surface area contributed by atoms with Crippen LogP contribution in [-0.2, 0) is 16.6 Å². The van der Waals surface area contributed by atoms with Gasteiger partial charge in [-0.05, 0) is 54.8 Å². The highest BCUT2D eigenvalue weighted by Crippen LogP contribution is 2.39. The smallest absolute Gasteiger partial charge is 0.247 e. The van der Waals surface area contributed by atoms with Crippen LogP contribution in [0.15, 0.2) is 65.6 Å². The van der Waals surface area contributed by atoms with Gasteiger partial charge < -0.3 is 5.32 Å². The summed E-state index contributed by atoms with van der Waals surface area (Å²) >= 11 is 0. The number of benzene rings is 3. The van der Waals surface area contributed by atoms with Gasteiger partial charge >= 0.3 is 0 Å². The number of rotatable bonds is 3. The summed E-state index contributed by atoms with van der Waals surface area (Å²) < 4.78 is 55.6. The molecule has 150 valence electrons. The molecule has 4 nitrogen and oxygen atoms in total. The van der Waals surface area contributed by atoms with Crippen LogP contribution in [0.25, 0.3) is 0 Å². The van der Waals surface area contributed by atoms with Crippen molar-refractivity contribution in [3.05, 3.63) is 94.6 Å². The van der Waals surface area contributed by atoms with Gasteiger partial charge in [-0.2, -0.15) is 4.31 Å². The molecule has 0 bridgehead atoms. The predicted octanol–water partition coefficient (Wildman–Crippen LogP) is 4.90. The number of fused-ring (bicyclic) bond motifs is 1. The van der Waals surface area contributed by atoms with Gasteiger partial charge in [0.05, 0.1) is 5.69 Å². The maximum absolute atomic E-state index is 13.9.